The van der Waals surface area contributed by atoms with Crippen LogP contribution in [0.5, 0.6) is 5.75 Å². The quantitative estimate of drug-likeness (QED) is 0.306. The summed E-state index contributed by atoms with van der Waals surface area (Å²) in [4.78, 5) is 22.4. The number of aromatic nitrogens is 2. The fourth-order valence-electron chi connectivity index (χ4n) is 5.09. The Morgan fingerprint density at radius 3 is 2.89 bits per heavy atom. The molecule has 0 aliphatic carbocycles. The van der Waals surface area contributed by atoms with Crippen LogP contribution in [0.3, 0.4) is 0 Å². The van der Waals surface area contributed by atoms with E-state index in [0.29, 0.717) is 40.7 Å². The molecule has 4 rings (SSSR count). The standard InChI is InChI=1S/C27H31ClFN3O4S/c1-36-20-3-4-23-21(14-20)27(22(28)15-31-23)24(33)5-2-17-7-9-32(16-18(17)12-26(34)35)10-11-37-25-13-19(29)6-8-30-25/h3-4,6,8,13-15,17-18,24,33H,2,5,7,9-12,16H2,1H3,(H,34,35). The van der Waals surface area contributed by atoms with E-state index in [0.717, 1.165) is 36.2 Å². The number of ether oxygens (including phenoxy) is 1. The molecule has 0 saturated carbocycles. The van der Waals surface area contributed by atoms with E-state index in [-0.39, 0.29) is 24.1 Å². The summed E-state index contributed by atoms with van der Waals surface area (Å²) in [7, 11) is 1.58. The van der Waals surface area contributed by atoms with Gasteiger partial charge in [-0.2, -0.15) is 0 Å². The fraction of sp³-hybridized carbons (Fsp3) is 0.444. The molecule has 3 atom stereocenters. The number of aliphatic hydroxyl groups is 1. The van der Waals surface area contributed by atoms with E-state index in [1.54, 1.807) is 13.3 Å². The van der Waals surface area contributed by atoms with E-state index in [1.165, 1.54) is 30.1 Å². The average Bonchev–Trinajstić information content (AvgIpc) is 2.87. The monoisotopic (exact) mass is 547 g/mol. The Balaban J connectivity index is 1.37. The molecule has 1 aliphatic heterocycles. The molecule has 1 fully saturated rings. The molecular weight excluding hydrogens is 517 g/mol. The van der Waals surface area contributed by atoms with Crippen molar-refractivity contribution in [2.75, 3.05) is 32.5 Å². The number of hydrogen-bond acceptors (Lipinski definition) is 7. The molecule has 2 aromatic heterocycles. The Morgan fingerprint density at radius 2 is 2.14 bits per heavy atom. The highest BCUT2D eigenvalue weighted by Crippen LogP contribution is 2.37. The van der Waals surface area contributed by atoms with Crippen LogP contribution >= 0.6 is 23.4 Å². The van der Waals surface area contributed by atoms with Crippen LogP contribution < -0.4 is 4.74 Å². The number of aliphatic carboxylic acids is 1. The van der Waals surface area contributed by atoms with E-state index >= 15 is 0 Å². The molecular formula is C27H31ClFN3O4S. The van der Waals surface area contributed by atoms with Crippen LogP contribution in [0.15, 0.2) is 47.8 Å². The maximum Gasteiger partial charge on any atom is 0.303 e. The molecule has 3 aromatic rings. The molecule has 37 heavy (non-hydrogen) atoms. The normalized spacial score (nSPS) is 19.1. The van der Waals surface area contributed by atoms with Gasteiger partial charge >= 0.3 is 5.97 Å². The van der Waals surface area contributed by atoms with E-state index in [1.807, 2.05) is 18.2 Å². The van der Waals surface area contributed by atoms with Crippen LogP contribution in [0.2, 0.25) is 5.02 Å². The van der Waals surface area contributed by atoms with Crippen LogP contribution in [0.25, 0.3) is 10.9 Å². The van der Waals surface area contributed by atoms with Crippen molar-refractivity contribution >= 4 is 40.2 Å². The zero-order valence-corrected chi connectivity index (χ0v) is 22.2. The van der Waals surface area contributed by atoms with Crippen molar-refractivity contribution in [2.24, 2.45) is 11.8 Å². The number of rotatable bonds is 11. The molecule has 1 aliphatic rings. The number of hydrogen-bond donors (Lipinski definition) is 2. The van der Waals surface area contributed by atoms with Gasteiger partial charge in [-0.25, -0.2) is 9.37 Å². The number of thioether (sulfide) groups is 1. The van der Waals surface area contributed by atoms with Crippen LogP contribution in [0.4, 0.5) is 4.39 Å². The van der Waals surface area contributed by atoms with Crippen LogP contribution in [-0.4, -0.2) is 63.5 Å². The van der Waals surface area contributed by atoms with E-state index < -0.39 is 12.1 Å². The highest BCUT2D eigenvalue weighted by molar-refractivity contribution is 7.99. The van der Waals surface area contributed by atoms with Gasteiger partial charge in [-0.05, 0) is 61.9 Å². The number of carboxylic acids is 1. The molecule has 0 radical (unpaired) electrons. The summed E-state index contributed by atoms with van der Waals surface area (Å²) in [6, 6.07) is 8.22. The zero-order chi connectivity index (χ0) is 26.4. The van der Waals surface area contributed by atoms with Gasteiger partial charge in [0, 0.05) is 54.7 Å². The molecule has 0 amide bonds. The highest BCUT2D eigenvalue weighted by atomic mass is 35.5. The van der Waals surface area contributed by atoms with Gasteiger partial charge in [0.05, 0.1) is 28.8 Å². The molecule has 1 saturated heterocycles. The first-order valence-electron chi connectivity index (χ1n) is 12.3. The number of piperidine rings is 1. The second-order valence-corrected chi connectivity index (χ2v) is 10.9. The summed E-state index contributed by atoms with van der Waals surface area (Å²) < 4.78 is 18.7. The molecule has 1 aromatic carbocycles. The smallest absolute Gasteiger partial charge is 0.303 e. The largest absolute Gasteiger partial charge is 0.497 e. The summed E-state index contributed by atoms with van der Waals surface area (Å²) in [6.45, 7) is 2.30. The molecule has 3 heterocycles. The maximum absolute atomic E-state index is 13.4. The third-order valence-electron chi connectivity index (χ3n) is 6.98. The van der Waals surface area contributed by atoms with Crippen LogP contribution in [0, 0.1) is 17.7 Å². The second kappa shape index (κ2) is 12.9. The topological polar surface area (TPSA) is 95.8 Å². The third kappa shape index (κ3) is 7.31. The number of halogens is 2. The average molecular weight is 548 g/mol. The summed E-state index contributed by atoms with van der Waals surface area (Å²) in [6.07, 6.45) is 4.32. The fourth-order valence-corrected chi connectivity index (χ4v) is 6.25. The van der Waals surface area contributed by atoms with Crippen LogP contribution in [-0.2, 0) is 4.79 Å². The number of methoxy groups -OCH3 is 1. The lowest BCUT2D eigenvalue weighted by Crippen LogP contribution is -2.42. The number of pyridine rings is 2. The third-order valence-corrected chi connectivity index (χ3v) is 8.19. The van der Waals surface area contributed by atoms with E-state index in [9.17, 15) is 19.4 Å². The van der Waals surface area contributed by atoms with Crippen molar-refractivity contribution in [3.05, 3.63) is 59.1 Å². The minimum atomic E-state index is -0.814. The van der Waals surface area contributed by atoms with Crippen molar-refractivity contribution in [2.45, 2.75) is 36.8 Å². The lowest BCUT2D eigenvalue weighted by molar-refractivity contribution is -0.139. The van der Waals surface area contributed by atoms with Crippen molar-refractivity contribution in [1.82, 2.24) is 14.9 Å². The lowest BCUT2D eigenvalue weighted by atomic mass is 9.79. The lowest BCUT2D eigenvalue weighted by Gasteiger charge is -2.38. The first-order valence-corrected chi connectivity index (χ1v) is 13.7. The predicted molar refractivity (Wildman–Crippen MR) is 143 cm³/mol. The minimum absolute atomic E-state index is 0.0134. The Labute approximate surface area is 225 Å². The number of nitrogens with zero attached hydrogens (tertiary/aromatic N) is 3. The molecule has 0 bridgehead atoms. The predicted octanol–water partition coefficient (Wildman–Crippen LogP) is 5.45. The van der Waals surface area contributed by atoms with Crippen molar-refractivity contribution in [3.8, 4) is 5.75 Å². The number of carboxylic acid groups (broad SMARTS) is 1. The number of carbonyl (C=O) groups is 1. The van der Waals surface area contributed by atoms with Gasteiger partial charge < -0.3 is 19.8 Å². The van der Waals surface area contributed by atoms with Gasteiger partial charge in [0.1, 0.15) is 11.6 Å². The van der Waals surface area contributed by atoms with Crippen LogP contribution in [0.1, 0.15) is 37.4 Å². The van der Waals surface area contributed by atoms with Crippen molar-refractivity contribution in [3.63, 3.8) is 0 Å². The molecule has 198 valence electrons. The summed E-state index contributed by atoms with van der Waals surface area (Å²) in [5.74, 6) is 0.455. The summed E-state index contributed by atoms with van der Waals surface area (Å²) >= 11 is 7.95. The minimum Gasteiger partial charge on any atom is -0.497 e. The van der Waals surface area contributed by atoms with E-state index in [4.69, 9.17) is 16.3 Å². The Bertz CT molecular complexity index is 1230. The molecule has 0 spiro atoms. The van der Waals surface area contributed by atoms with Gasteiger partial charge in [0.25, 0.3) is 0 Å². The first-order chi connectivity index (χ1) is 17.8. The van der Waals surface area contributed by atoms with Gasteiger partial charge in [-0.3, -0.25) is 9.78 Å². The number of benzene rings is 1. The SMILES string of the molecule is COc1ccc2ncc(Cl)c(C(O)CCC3CCN(CCSc4cc(F)ccn4)CC3CC(=O)O)c2c1. The summed E-state index contributed by atoms with van der Waals surface area (Å²) in [5.41, 5.74) is 1.35. The van der Waals surface area contributed by atoms with Crippen molar-refractivity contribution < 1.29 is 24.1 Å². The highest BCUT2D eigenvalue weighted by Gasteiger charge is 2.31. The first kappa shape index (κ1) is 27.6. The number of fused-ring (bicyclic) bond motifs is 1. The Kier molecular flexibility index (Phi) is 9.59. The number of aliphatic hydroxyl groups excluding tert-OH is 1. The molecule has 3 unspecified atom stereocenters. The molecule has 2 N–H and O–H groups in total. The van der Waals surface area contributed by atoms with Gasteiger partial charge in [0.2, 0.25) is 0 Å². The van der Waals surface area contributed by atoms with Crippen molar-refractivity contribution in [1.29, 1.82) is 0 Å². The van der Waals surface area contributed by atoms with Gasteiger partial charge in [0.15, 0.2) is 0 Å². The van der Waals surface area contributed by atoms with Gasteiger partial charge in [-0.1, -0.05) is 11.6 Å². The van der Waals surface area contributed by atoms with Gasteiger partial charge in [-0.15, -0.1) is 11.8 Å². The molecule has 10 heteroatoms. The summed E-state index contributed by atoms with van der Waals surface area (Å²) in [5, 5.41) is 22.5. The maximum atomic E-state index is 13.4. The molecule has 7 nitrogen and oxygen atoms in total. The second-order valence-electron chi connectivity index (χ2n) is 9.36. The number of likely N-dealkylation sites (tertiary alicyclic amines) is 1. The Hall–Kier alpha value is -2.46. The Morgan fingerprint density at radius 1 is 1.30 bits per heavy atom. The van der Waals surface area contributed by atoms with E-state index in [2.05, 4.69) is 14.9 Å². The zero-order valence-electron chi connectivity index (χ0n) is 20.6.